The van der Waals surface area contributed by atoms with E-state index >= 15 is 0 Å². The van der Waals surface area contributed by atoms with Crippen molar-refractivity contribution in [3.05, 3.63) is 35.4 Å². The number of hydrogen-bond acceptors (Lipinski definition) is 2. The normalized spacial score (nSPS) is 30.1. The van der Waals surface area contributed by atoms with Crippen LogP contribution in [0.25, 0.3) is 0 Å². The number of nitrogens with two attached hydrogens (primary N) is 1. The van der Waals surface area contributed by atoms with Crippen LogP contribution in [0.3, 0.4) is 0 Å². The van der Waals surface area contributed by atoms with E-state index in [-0.39, 0.29) is 0 Å². The highest BCUT2D eigenvalue weighted by Crippen LogP contribution is 2.36. The molecule has 2 nitrogen and oxygen atoms in total. The fourth-order valence-electron chi connectivity index (χ4n) is 4.04. The molecule has 2 aliphatic rings. The van der Waals surface area contributed by atoms with Crippen LogP contribution >= 0.6 is 0 Å². The number of piperidine rings is 1. The van der Waals surface area contributed by atoms with Gasteiger partial charge < -0.3 is 5.73 Å². The van der Waals surface area contributed by atoms with E-state index in [0.717, 1.165) is 24.5 Å². The Hall–Kier alpha value is -0.860. The Morgan fingerprint density at radius 1 is 1.05 bits per heavy atom. The van der Waals surface area contributed by atoms with Crippen molar-refractivity contribution >= 4 is 0 Å². The molecule has 0 aliphatic carbocycles. The minimum atomic E-state index is 0.442. The molecule has 2 unspecified atom stereocenters. The van der Waals surface area contributed by atoms with Gasteiger partial charge in [-0.3, -0.25) is 4.90 Å². The van der Waals surface area contributed by atoms with E-state index in [9.17, 15) is 0 Å². The average molecular weight is 272 g/mol. The predicted molar refractivity (Wildman–Crippen MR) is 84.5 cm³/mol. The van der Waals surface area contributed by atoms with Crippen molar-refractivity contribution < 1.29 is 0 Å². The third kappa shape index (κ3) is 3.07. The molecule has 2 N–H and O–H groups in total. The van der Waals surface area contributed by atoms with E-state index in [1.807, 2.05) is 0 Å². The predicted octanol–water partition coefficient (Wildman–Crippen LogP) is 3.34. The standard InChI is InChI=1S/C18H28N2/c1-13(2)9-14-3-5-15(6-4-14)12-20-17-7-8-18(20)11-16(19)10-17/h3-6,13,16-18H,7-12,19H2,1-2H3. The Morgan fingerprint density at radius 3 is 2.15 bits per heavy atom. The van der Waals surface area contributed by atoms with E-state index in [1.54, 1.807) is 0 Å². The minimum absolute atomic E-state index is 0.442. The van der Waals surface area contributed by atoms with Crippen LogP contribution in [0.4, 0.5) is 0 Å². The summed E-state index contributed by atoms with van der Waals surface area (Å²) in [6.07, 6.45) is 6.28. The molecule has 0 radical (unpaired) electrons. The molecule has 2 atom stereocenters. The molecule has 0 aromatic heterocycles. The van der Waals surface area contributed by atoms with Gasteiger partial charge in [-0.1, -0.05) is 38.1 Å². The molecule has 0 amide bonds. The molecule has 1 aromatic carbocycles. The summed E-state index contributed by atoms with van der Waals surface area (Å²) < 4.78 is 0. The maximum atomic E-state index is 6.15. The summed E-state index contributed by atoms with van der Waals surface area (Å²) in [5.74, 6) is 0.736. The molecule has 0 spiro atoms. The molecular formula is C18H28N2. The fourth-order valence-corrected chi connectivity index (χ4v) is 4.04. The SMILES string of the molecule is CC(C)Cc1ccc(CN2C3CCC2CC(N)C3)cc1. The number of fused-ring (bicyclic) bond motifs is 2. The summed E-state index contributed by atoms with van der Waals surface area (Å²) in [4.78, 5) is 2.71. The Morgan fingerprint density at radius 2 is 1.60 bits per heavy atom. The quantitative estimate of drug-likeness (QED) is 0.911. The summed E-state index contributed by atoms with van der Waals surface area (Å²) in [7, 11) is 0. The van der Waals surface area contributed by atoms with Crippen molar-refractivity contribution in [3.8, 4) is 0 Å². The summed E-state index contributed by atoms with van der Waals surface area (Å²) in [5, 5.41) is 0. The van der Waals surface area contributed by atoms with E-state index in [4.69, 9.17) is 5.73 Å². The monoisotopic (exact) mass is 272 g/mol. The molecule has 0 saturated carbocycles. The van der Waals surface area contributed by atoms with Gasteiger partial charge in [0.25, 0.3) is 0 Å². The number of benzene rings is 1. The van der Waals surface area contributed by atoms with Crippen LogP contribution in [0.1, 0.15) is 50.7 Å². The van der Waals surface area contributed by atoms with Crippen molar-refractivity contribution in [1.82, 2.24) is 4.90 Å². The highest BCUT2D eigenvalue weighted by Gasteiger charge is 2.39. The second-order valence-electron chi connectivity index (χ2n) is 7.20. The number of rotatable bonds is 4. The Balaban J connectivity index is 1.63. The first-order valence-electron chi connectivity index (χ1n) is 8.21. The molecule has 2 saturated heterocycles. The lowest BCUT2D eigenvalue weighted by molar-refractivity contribution is 0.120. The van der Waals surface area contributed by atoms with Crippen LogP contribution in [0.5, 0.6) is 0 Å². The largest absolute Gasteiger partial charge is 0.328 e. The van der Waals surface area contributed by atoms with Gasteiger partial charge in [-0.15, -0.1) is 0 Å². The zero-order valence-electron chi connectivity index (χ0n) is 12.9. The van der Waals surface area contributed by atoms with E-state index in [1.165, 1.54) is 43.2 Å². The zero-order valence-corrected chi connectivity index (χ0v) is 12.9. The average Bonchev–Trinajstić information content (AvgIpc) is 2.64. The van der Waals surface area contributed by atoms with Crippen LogP contribution in [0.2, 0.25) is 0 Å². The van der Waals surface area contributed by atoms with Crippen molar-refractivity contribution in [2.75, 3.05) is 0 Å². The summed E-state index contributed by atoms with van der Waals surface area (Å²) >= 11 is 0. The van der Waals surface area contributed by atoms with Crippen LogP contribution in [0, 0.1) is 5.92 Å². The van der Waals surface area contributed by atoms with Crippen LogP contribution < -0.4 is 5.73 Å². The molecule has 110 valence electrons. The Kier molecular flexibility index (Phi) is 4.13. The van der Waals surface area contributed by atoms with E-state index < -0.39 is 0 Å². The van der Waals surface area contributed by atoms with E-state index in [2.05, 4.69) is 43.0 Å². The van der Waals surface area contributed by atoms with Crippen molar-refractivity contribution in [1.29, 1.82) is 0 Å². The van der Waals surface area contributed by atoms with Crippen molar-refractivity contribution in [3.63, 3.8) is 0 Å². The number of nitrogens with zero attached hydrogens (tertiary/aromatic N) is 1. The first-order valence-corrected chi connectivity index (χ1v) is 8.21. The summed E-state index contributed by atoms with van der Waals surface area (Å²) in [6, 6.07) is 11.2. The van der Waals surface area contributed by atoms with Crippen molar-refractivity contribution in [2.24, 2.45) is 11.7 Å². The van der Waals surface area contributed by atoms with Gasteiger partial charge in [0.05, 0.1) is 0 Å². The highest BCUT2D eigenvalue weighted by molar-refractivity contribution is 5.23. The maximum absolute atomic E-state index is 6.15. The van der Waals surface area contributed by atoms with Gasteiger partial charge in [-0.25, -0.2) is 0 Å². The molecule has 2 fully saturated rings. The number of hydrogen-bond donors (Lipinski definition) is 1. The smallest absolute Gasteiger partial charge is 0.0239 e. The maximum Gasteiger partial charge on any atom is 0.0239 e. The second kappa shape index (κ2) is 5.87. The van der Waals surface area contributed by atoms with Crippen LogP contribution in [0.15, 0.2) is 24.3 Å². The first kappa shape index (κ1) is 14.1. The molecular weight excluding hydrogens is 244 g/mol. The lowest BCUT2D eigenvalue weighted by Crippen LogP contribution is -2.46. The van der Waals surface area contributed by atoms with Gasteiger partial charge in [0.15, 0.2) is 0 Å². The van der Waals surface area contributed by atoms with Gasteiger partial charge in [-0.05, 0) is 49.1 Å². The van der Waals surface area contributed by atoms with Gasteiger partial charge in [0.1, 0.15) is 0 Å². The topological polar surface area (TPSA) is 29.3 Å². The van der Waals surface area contributed by atoms with Crippen LogP contribution in [-0.4, -0.2) is 23.0 Å². The second-order valence-corrected chi connectivity index (χ2v) is 7.20. The van der Waals surface area contributed by atoms with Gasteiger partial charge in [-0.2, -0.15) is 0 Å². The van der Waals surface area contributed by atoms with Gasteiger partial charge >= 0.3 is 0 Å². The molecule has 2 bridgehead atoms. The highest BCUT2D eigenvalue weighted by atomic mass is 15.2. The third-order valence-electron chi connectivity index (χ3n) is 4.95. The van der Waals surface area contributed by atoms with Gasteiger partial charge in [0, 0.05) is 24.7 Å². The fraction of sp³-hybridized carbons (Fsp3) is 0.667. The Bertz CT molecular complexity index is 423. The lowest BCUT2D eigenvalue weighted by atomic mass is 9.97. The molecule has 1 aromatic rings. The first-order chi connectivity index (χ1) is 9.61. The molecule has 2 aliphatic heterocycles. The van der Waals surface area contributed by atoms with E-state index in [0.29, 0.717) is 6.04 Å². The molecule has 2 heterocycles. The van der Waals surface area contributed by atoms with Crippen LogP contribution in [-0.2, 0) is 13.0 Å². The molecule has 3 rings (SSSR count). The van der Waals surface area contributed by atoms with Gasteiger partial charge in [0.2, 0.25) is 0 Å². The minimum Gasteiger partial charge on any atom is -0.328 e. The lowest BCUT2D eigenvalue weighted by Gasteiger charge is -2.37. The summed E-state index contributed by atoms with van der Waals surface area (Å²) in [5.41, 5.74) is 9.08. The Labute approximate surface area is 123 Å². The zero-order chi connectivity index (χ0) is 14.1. The van der Waals surface area contributed by atoms with Crippen molar-refractivity contribution in [2.45, 2.75) is 70.6 Å². The molecule has 2 heteroatoms. The summed E-state index contributed by atoms with van der Waals surface area (Å²) in [6.45, 7) is 5.68. The third-order valence-corrected chi connectivity index (χ3v) is 4.95. The molecule has 20 heavy (non-hydrogen) atoms.